The van der Waals surface area contributed by atoms with Gasteiger partial charge in [0.25, 0.3) is 0 Å². The van der Waals surface area contributed by atoms with Crippen LogP contribution in [0, 0.1) is 0 Å². The van der Waals surface area contributed by atoms with Gasteiger partial charge in [-0.05, 0) is 25.5 Å². The van der Waals surface area contributed by atoms with Gasteiger partial charge in [0, 0.05) is 36.7 Å². The number of Topliss-reactive ketones (excluding diaryl/α,β-unsaturated/α-hetero) is 1. The molecular weight excluding hydrogens is 362 g/mol. The van der Waals surface area contributed by atoms with Crippen LogP contribution in [0.25, 0.3) is 16.5 Å². The van der Waals surface area contributed by atoms with Crippen LogP contribution >= 0.6 is 0 Å². The molecule has 0 saturated carbocycles. The lowest BCUT2D eigenvalue weighted by molar-refractivity contribution is 0.105. The van der Waals surface area contributed by atoms with E-state index in [9.17, 15) is 4.79 Å². The molecule has 0 unspecified atom stereocenters. The number of hydrogen-bond donors (Lipinski definition) is 0. The molecule has 1 aliphatic heterocycles. The van der Waals surface area contributed by atoms with Crippen LogP contribution in [-0.2, 0) is 7.05 Å². The van der Waals surface area contributed by atoms with Crippen molar-refractivity contribution in [3.63, 3.8) is 0 Å². The molecule has 0 N–H and O–H groups in total. The third-order valence-corrected chi connectivity index (χ3v) is 5.62. The van der Waals surface area contributed by atoms with E-state index in [4.69, 9.17) is 9.98 Å². The van der Waals surface area contributed by atoms with Gasteiger partial charge in [-0.2, -0.15) is 5.10 Å². The lowest BCUT2D eigenvalue weighted by Crippen LogP contribution is -2.28. The number of fused-ring (bicyclic) bond motifs is 4. The maximum absolute atomic E-state index is 13.5. The molecule has 2 heterocycles. The maximum Gasteiger partial charge on any atom is 0.226 e. The molecule has 0 amide bonds. The van der Waals surface area contributed by atoms with E-state index < -0.39 is 0 Å². The highest BCUT2D eigenvalue weighted by atomic mass is 16.1. The number of ketones is 1. The van der Waals surface area contributed by atoms with Gasteiger partial charge in [0.2, 0.25) is 5.96 Å². The first-order valence-corrected chi connectivity index (χ1v) is 9.85. The van der Waals surface area contributed by atoms with Crippen LogP contribution in [0.4, 0.5) is 0 Å². The van der Waals surface area contributed by atoms with Gasteiger partial charge in [-0.25, -0.2) is 9.98 Å². The first-order chi connectivity index (χ1) is 14.1. The van der Waals surface area contributed by atoms with Crippen molar-refractivity contribution in [3.8, 4) is 0 Å². The first-order valence-electron chi connectivity index (χ1n) is 9.85. The van der Waals surface area contributed by atoms with Gasteiger partial charge in [0.05, 0.1) is 17.3 Å². The molecule has 1 aliphatic carbocycles. The minimum atomic E-state index is -0.0133. The van der Waals surface area contributed by atoms with E-state index in [1.807, 2.05) is 60.4 Å². The molecule has 6 heteroatoms. The Balaban J connectivity index is 1.78. The summed E-state index contributed by atoms with van der Waals surface area (Å²) in [5, 5.41) is 5.36. The fraction of sp³-hybridized carbons (Fsp3) is 0.217. The van der Waals surface area contributed by atoms with Crippen LogP contribution in [0.15, 0.2) is 64.3 Å². The minimum absolute atomic E-state index is 0.0133. The molecule has 2 aliphatic rings. The second kappa shape index (κ2) is 6.51. The third-order valence-electron chi connectivity index (χ3n) is 5.62. The smallest absolute Gasteiger partial charge is 0.226 e. The number of rotatable bonds is 3. The Morgan fingerprint density at radius 2 is 1.76 bits per heavy atom. The Morgan fingerprint density at radius 3 is 2.52 bits per heavy atom. The van der Waals surface area contributed by atoms with E-state index in [0.29, 0.717) is 22.8 Å². The highest BCUT2D eigenvalue weighted by Gasteiger charge is 2.35. The minimum Gasteiger partial charge on any atom is -0.341 e. The zero-order valence-corrected chi connectivity index (χ0v) is 16.7. The summed E-state index contributed by atoms with van der Waals surface area (Å²) >= 11 is 0. The fourth-order valence-electron chi connectivity index (χ4n) is 4.04. The van der Waals surface area contributed by atoms with Crippen molar-refractivity contribution >= 4 is 33.9 Å². The number of carbonyl (C=O) groups is 1. The van der Waals surface area contributed by atoms with Crippen molar-refractivity contribution < 1.29 is 4.79 Å². The Hall–Kier alpha value is -3.54. The predicted molar refractivity (Wildman–Crippen MR) is 115 cm³/mol. The van der Waals surface area contributed by atoms with Crippen LogP contribution in [-0.4, -0.2) is 45.2 Å². The summed E-state index contributed by atoms with van der Waals surface area (Å²) in [6, 6.07) is 13.6. The SMILES string of the molecule is CCN(CC)C1=NC2=C(c3ccc4cnn(C)c4c3)C(=O)c3ccccc3C2=N1. The van der Waals surface area contributed by atoms with Crippen LogP contribution < -0.4 is 0 Å². The largest absolute Gasteiger partial charge is 0.341 e. The predicted octanol–water partition coefficient (Wildman–Crippen LogP) is 3.68. The van der Waals surface area contributed by atoms with E-state index in [0.717, 1.165) is 40.8 Å². The molecule has 1 aromatic heterocycles. The van der Waals surface area contributed by atoms with Gasteiger partial charge in [0.15, 0.2) is 5.78 Å². The second-order valence-corrected chi connectivity index (χ2v) is 7.18. The average molecular weight is 383 g/mol. The molecule has 0 atom stereocenters. The molecule has 0 saturated heterocycles. The molecule has 0 bridgehead atoms. The number of aliphatic imine (C=N–C) groups is 2. The number of aryl methyl sites for hydroxylation is 1. The summed E-state index contributed by atoms with van der Waals surface area (Å²) in [6.45, 7) is 5.79. The van der Waals surface area contributed by atoms with Crippen molar-refractivity contribution in [1.29, 1.82) is 0 Å². The van der Waals surface area contributed by atoms with E-state index in [1.54, 1.807) is 0 Å². The summed E-state index contributed by atoms with van der Waals surface area (Å²) in [5.74, 6) is 0.657. The highest BCUT2D eigenvalue weighted by molar-refractivity contribution is 6.43. The van der Waals surface area contributed by atoms with E-state index in [2.05, 4.69) is 23.8 Å². The summed E-state index contributed by atoms with van der Waals surface area (Å²) in [7, 11) is 1.90. The van der Waals surface area contributed by atoms with Crippen LogP contribution in [0.3, 0.4) is 0 Å². The number of hydrogen-bond acceptors (Lipinski definition) is 5. The number of aromatic nitrogens is 2. The molecule has 6 nitrogen and oxygen atoms in total. The molecule has 144 valence electrons. The van der Waals surface area contributed by atoms with Crippen molar-refractivity contribution in [2.45, 2.75) is 13.8 Å². The Kier molecular flexibility index (Phi) is 3.94. The lowest BCUT2D eigenvalue weighted by atomic mass is 9.84. The molecular formula is C23H21N5O. The van der Waals surface area contributed by atoms with Crippen LogP contribution in [0.5, 0.6) is 0 Å². The molecule has 29 heavy (non-hydrogen) atoms. The number of allylic oxidation sites excluding steroid dienone is 2. The average Bonchev–Trinajstić information content (AvgIpc) is 3.34. The lowest BCUT2D eigenvalue weighted by Gasteiger charge is -2.19. The molecule has 0 radical (unpaired) electrons. The van der Waals surface area contributed by atoms with Gasteiger partial charge in [-0.15, -0.1) is 0 Å². The van der Waals surface area contributed by atoms with Crippen LogP contribution in [0.2, 0.25) is 0 Å². The Morgan fingerprint density at radius 1 is 1.00 bits per heavy atom. The summed E-state index contributed by atoms with van der Waals surface area (Å²) in [6.07, 6.45) is 1.83. The van der Waals surface area contributed by atoms with Crippen molar-refractivity contribution in [1.82, 2.24) is 14.7 Å². The summed E-state index contributed by atoms with van der Waals surface area (Å²) in [5.41, 5.74) is 5.39. The highest BCUT2D eigenvalue weighted by Crippen LogP contribution is 2.37. The molecule has 0 fully saturated rings. The van der Waals surface area contributed by atoms with E-state index in [1.165, 1.54) is 0 Å². The van der Waals surface area contributed by atoms with E-state index in [-0.39, 0.29) is 5.78 Å². The monoisotopic (exact) mass is 383 g/mol. The molecule has 5 rings (SSSR count). The number of guanidine groups is 1. The Bertz CT molecular complexity index is 1260. The number of nitrogens with zero attached hydrogens (tertiary/aromatic N) is 5. The van der Waals surface area contributed by atoms with Crippen LogP contribution in [0.1, 0.15) is 35.3 Å². The second-order valence-electron chi connectivity index (χ2n) is 7.18. The maximum atomic E-state index is 13.5. The van der Waals surface area contributed by atoms with E-state index >= 15 is 0 Å². The number of carbonyl (C=O) groups excluding carboxylic acids is 1. The normalized spacial score (nSPS) is 15.3. The van der Waals surface area contributed by atoms with Crippen molar-refractivity contribution in [2.75, 3.05) is 13.1 Å². The quantitative estimate of drug-likeness (QED) is 0.693. The topological polar surface area (TPSA) is 62.9 Å². The number of benzene rings is 2. The molecule has 0 spiro atoms. The van der Waals surface area contributed by atoms with Gasteiger partial charge in [-0.1, -0.05) is 36.4 Å². The first kappa shape index (κ1) is 17.6. The standard InChI is InChI=1S/C23H21N5O/c1-4-28(5-2)23-25-20-16-8-6-7-9-17(16)22(29)19(21(20)26-23)14-10-11-15-13-24-27(3)18(15)12-14/h6-13H,4-5H2,1-3H3. The molecule has 3 aromatic rings. The zero-order valence-electron chi connectivity index (χ0n) is 16.7. The summed E-state index contributed by atoms with van der Waals surface area (Å²) < 4.78 is 1.82. The van der Waals surface area contributed by atoms with Gasteiger partial charge >= 0.3 is 0 Å². The zero-order chi connectivity index (χ0) is 20.1. The molecule has 2 aromatic carbocycles. The van der Waals surface area contributed by atoms with Gasteiger partial charge in [-0.3, -0.25) is 9.48 Å². The van der Waals surface area contributed by atoms with Crippen molar-refractivity contribution in [2.24, 2.45) is 17.0 Å². The Labute approximate surface area is 168 Å². The summed E-state index contributed by atoms with van der Waals surface area (Å²) in [4.78, 5) is 25.3. The van der Waals surface area contributed by atoms with Gasteiger partial charge in [0.1, 0.15) is 11.4 Å². The van der Waals surface area contributed by atoms with Gasteiger partial charge < -0.3 is 4.90 Å². The third kappa shape index (κ3) is 2.56. The fourth-order valence-corrected chi connectivity index (χ4v) is 4.04. The van der Waals surface area contributed by atoms with Crippen molar-refractivity contribution in [3.05, 3.63) is 71.0 Å².